The van der Waals surface area contributed by atoms with Gasteiger partial charge in [0.05, 0.1) is 0 Å². The van der Waals surface area contributed by atoms with Gasteiger partial charge in [-0.15, -0.1) is 0 Å². The summed E-state index contributed by atoms with van der Waals surface area (Å²) in [6, 6.07) is 7.13. The van der Waals surface area contributed by atoms with Gasteiger partial charge in [-0.05, 0) is 19.8 Å². The number of rotatable bonds is 4. The average molecular weight is 393 g/mol. The molecule has 0 spiro atoms. The third-order valence-corrected chi connectivity index (χ3v) is 3.99. The maximum Gasteiger partial charge on any atom is 0.443 e. The number of nitrogens with zero attached hydrogens (tertiary/aromatic N) is 3. The standard InChI is InChI=1S/C18H21F6N3/c1-11(2)10-14-25-16(17(19,20)21,18(22,23)24)26-15(27(14)12(3)4)13-8-6-5-7-9-13/h5-9,11-12H,10H2,1-4H3. The second-order valence-corrected chi connectivity index (χ2v) is 7.06. The Kier molecular flexibility index (Phi) is 5.64. The van der Waals surface area contributed by atoms with Gasteiger partial charge in [0.1, 0.15) is 11.7 Å². The Hall–Kier alpha value is -2.06. The SMILES string of the molecule is CC(C)CC1=NC(C(F)(F)F)(C(F)(F)F)N=C(c2ccccc2)N1C(C)C. The highest BCUT2D eigenvalue weighted by molar-refractivity contribution is 6.11. The summed E-state index contributed by atoms with van der Waals surface area (Å²) in [6.45, 7) is 6.75. The highest BCUT2D eigenvalue weighted by Gasteiger charge is 2.73. The van der Waals surface area contributed by atoms with Crippen LogP contribution in [-0.2, 0) is 0 Å². The molecule has 0 aromatic heterocycles. The van der Waals surface area contributed by atoms with Gasteiger partial charge in [-0.1, -0.05) is 44.2 Å². The quantitative estimate of drug-likeness (QED) is 0.628. The van der Waals surface area contributed by atoms with E-state index in [4.69, 9.17) is 0 Å². The predicted octanol–water partition coefficient (Wildman–Crippen LogP) is 5.42. The van der Waals surface area contributed by atoms with Gasteiger partial charge in [-0.2, -0.15) is 26.3 Å². The van der Waals surface area contributed by atoms with Crippen LogP contribution in [0.4, 0.5) is 26.3 Å². The molecule has 1 aliphatic heterocycles. The lowest BCUT2D eigenvalue weighted by Gasteiger charge is -2.41. The molecule has 3 nitrogen and oxygen atoms in total. The molecule has 1 heterocycles. The first-order valence-corrected chi connectivity index (χ1v) is 8.47. The Morgan fingerprint density at radius 1 is 0.889 bits per heavy atom. The Labute approximate surface area is 153 Å². The number of hydrogen-bond donors (Lipinski definition) is 0. The zero-order valence-electron chi connectivity index (χ0n) is 15.4. The first-order chi connectivity index (χ1) is 12.3. The van der Waals surface area contributed by atoms with Crippen molar-refractivity contribution in [3.05, 3.63) is 35.9 Å². The normalized spacial score (nSPS) is 18.0. The highest BCUT2D eigenvalue weighted by atomic mass is 19.4. The van der Waals surface area contributed by atoms with E-state index in [0.29, 0.717) is 0 Å². The molecule has 0 atom stereocenters. The number of aliphatic imine (C=N–C) groups is 2. The van der Waals surface area contributed by atoms with Gasteiger partial charge in [-0.25, -0.2) is 9.98 Å². The van der Waals surface area contributed by atoms with E-state index in [9.17, 15) is 26.3 Å². The summed E-state index contributed by atoms with van der Waals surface area (Å²) < 4.78 is 82.0. The fourth-order valence-electron chi connectivity index (χ4n) is 2.85. The molecule has 0 unspecified atom stereocenters. The molecule has 1 aliphatic rings. The Bertz CT molecular complexity index is 703. The molecule has 0 fully saturated rings. The van der Waals surface area contributed by atoms with E-state index in [1.807, 2.05) is 0 Å². The third-order valence-electron chi connectivity index (χ3n) is 3.99. The fraction of sp³-hybridized carbons (Fsp3) is 0.556. The highest BCUT2D eigenvalue weighted by Crippen LogP contribution is 2.49. The van der Waals surface area contributed by atoms with Gasteiger partial charge >= 0.3 is 18.0 Å². The summed E-state index contributed by atoms with van der Waals surface area (Å²) in [5.74, 6) is -0.853. The van der Waals surface area contributed by atoms with Crippen LogP contribution in [0.1, 0.15) is 39.7 Å². The lowest BCUT2D eigenvalue weighted by Crippen LogP contribution is -2.60. The lowest BCUT2D eigenvalue weighted by molar-refractivity contribution is -0.293. The Morgan fingerprint density at radius 3 is 1.81 bits per heavy atom. The van der Waals surface area contributed by atoms with Crippen molar-refractivity contribution >= 4 is 11.7 Å². The van der Waals surface area contributed by atoms with E-state index in [1.165, 1.54) is 29.2 Å². The van der Waals surface area contributed by atoms with Crippen molar-refractivity contribution in [2.24, 2.45) is 15.9 Å². The molecule has 150 valence electrons. The summed E-state index contributed by atoms with van der Waals surface area (Å²) >= 11 is 0. The summed E-state index contributed by atoms with van der Waals surface area (Å²) in [6.07, 6.45) is -11.5. The molecule has 0 radical (unpaired) electrons. The van der Waals surface area contributed by atoms with Gasteiger partial charge in [-0.3, -0.25) is 0 Å². The molecule has 0 amide bonds. The van der Waals surface area contributed by atoms with Crippen LogP contribution >= 0.6 is 0 Å². The first kappa shape index (κ1) is 21.2. The zero-order valence-corrected chi connectivity index (χ0v) is 15.4. The number of amidine groups is 2. The van der Waals surface area contributed by atoms with Gasteiger partial charge in [0, 0.05) is 18.0 Å². The second kappa shape index (κ2) is 7.16. The van der Waals surface area contributed by atoms with Crippen molar-refractivity contribution in [2.75, 3.05) is 0 Å². The summed E-state index contributed by atoms with van der Waals surface area (Å²) in [7, 11) is 0. The van der Waals surface area contributed by atoms with Crippen LogP contribution in [0.2, 0.25) is 0 Å². The van der Waals surface area contributed by atoms with E-state index < -0.39 is 24.1 Å². The average Bonchev–Trinajstić information content (AvgIpc) is 2.51. The zero-order chi connectivity index (χ0) is 20.6. The largest absolute Gasteiger partial charge is 0.443 e. The molecule has 2 rings (SSSR count). The maximum absolute atomic E-state index is 13.7. The van der Waals surface area contributed by atoms with Crippen molar-refractivity contribution in [2.45, 2.75) is 58.2 Å². The van der Waals surface area contributed by atoms with Crippen LogP contribution in [0.5, 0.6) is 0 Å². The van der Waals surface area contributed by atoms with Gasteiger partial charge in [0.2, 0.25) is 0 Å². The van der Waals surface area contributed by atoms with Crippen molar-refractivity contribution in [3.8, 4) is 0 Å². The van der Waals surface area contributed by atoms with Crippen LogP contribution < -0.4 is 0 Å². The molecule has 0 N–H and O–H groups in total. The first-order valence-electron chi connectivity index (χ1n) is 8.47. The summed E-state index contributed by atoms with van der Waals surface area (Å²) in [5.41, 5.74) is -4.35. The molecule has 1 aromatic rings. The number of alkyl halides is 6. The molecule has 0 saturated heterocycles. The minimum Gasteiger partial charge on any atom is -0.312 e. The van der Waals surface area contributed by atoms with Crippen LogP contribution in [0.25, 0.3) is 0 Å². The molecular formula is C18H21F6N3. The van der Waals surface area contributed by atoms with E-state index in [-0.39, 0.29) is 29.6 Å². The Morgan fingerprint density at radius 2 is 1.41 bits per heavy atom. The fourth-order valence-corrected chi connectivity index (χ4v) is 2.85. The van der Waals surface area contributed by atoms with Crippen molar-refractivity contribution in [1.29, 1.82) is 0 Å². The van der Waals surface area contributed by atoms with Crippen LogP contribution in [0, 0.1) is 5.92 Å². The molecule has 0 saturated carbocycles. The smallest absolute Gasteiger partial charge is 0.312 e. The molecule has 0 aliphatic carbocycles. The second-order valence-electron chi connectivity index (χ2n) is 7.06. The molecule has 27 heavy (non-hydrogen) atoms. The predicted molar refractivity (Wildman–Crippen MR) is 91.7 cm³/mol. The number of hydrogen-bond acceptors (Lipinski definition) is 3. The Balaban J connectivity index is 2.83. The van der Waals surface area contributed by atoms with E-state index in [1.54, 1.807) is 33.8 Å². The number of halogens is 6. The van der Waals surface area contributed by atoms with Crippen LogP contribution in [0.15, 0.2) is 40.3 Å². The van der Waals surface area contributed by atoms with Crippen LogP contribution in [-0.4, -0.2) is 40.6 Å². The van der Waals surface area contributed by atoms with E-state index >= 15 is 0 Å². The minimum atomic E-state index is -5.73. The van der Waals surface area contributed by atoms with Gasteiger partial charge < -0.3 is 4.90 Å². The van der Waals surface area contributed by atoms with Crippen molar-refractivity contribution < 1.29 is 26.3 Å². The van der Waals surface area contributed by atoms with Crippen molar-refractivity contribution in [1.82, 2.24) is 4.90 Å². The summed E-state index contributed by atoms with van der Waals surface area (Å²) in [4.78, 5) is 7.72. The topological polar surface area (TPSA) is 28.0 Å². The van der Waals surface area contributed by atoms with Gasteiger partial charge in [0.15, 0.2) is 0 Å². The van der Waals surface area contributed by atoms with Crippen molar-refractivity contribution in [3.63, 3.8) is 0 Å². The van der Waals surface area contributed by atoms with Gasteiger partial charge in [0.25, 0.3) is 0 Å². The molecule has 9 heteroatoms. The molecular weight excluding hydrogens is 372 g/mol. The van der Waals surface area contributed by atoms with E-state index in [0.717, 1.165) is 0 Å². The summed E-state index contributed by atoms with van der Waals surface area (Å²) in [5, 5.41) is 0. The molecule has 1 aromatic carbocycles. The third kappa shape index (κ3) is 3.96. The number of benzene rings is 1. The van der Waals surface area contributed by atoms with Crippen LogP contribution in [0.3, 0.4) is 0 Å². The maximum atomic E-state index is 13.7. The molecule has 0 bridgehead atoms. The van der Waals surface area contributed by atoms with E-state index in [2.05, 4.69) is 9.98 Å². The minimum absolute atomic E-state index is 0.0437. The lowest BCUT2D eigenvalue weighted by atomic mass is 10.0. The monoisotopic (exact) mass is 393 g/mol.